The maximum absolute atomic E-state index is 12.5. The van der Waals surface area contributed by atoms with Crippen molar-refractivity contribution in [2.75, 3.05) is 18.6 Å². The lowest BCUT2D eigenvalue weighted by Gasteiger charge is -2.16. The molecule has 1 aliphatic heterocycles. The van der Waals surface area contributed by atoms with Gasteiger partial charge >= 0.3 is 0 Å². The van der Waals surface area contributed by atoms with Gasteiger partial charge in [0.15, 0.2) is 0 Å². The number of likely N-dealkylation sites (N-methyl/N-ethyl adjacent to an activating group) is 1. The Morgan fingerprint density at radius 2 is 1.96 bits per heavy atom. The zero-order valence-corrected chi connectivity index (χ0v) is 14.7. The molecular formula is C20H22N2O3. The number of hydrogen-bond donors (Lipinski definition) is 1. The number of anilines is 1. The number of benzene rings is 2. The summed E-state index contributed by atoms with van der Waals surface area (Å²) in [7, 11) is 1.62. The van der Waals surface area contributed by atoms with E-state index in [0.29, 0.717) is 18.5 Å². The highest BCUT2D eigenvalue weighted by atomic mass is 16.5. The Kier molecular flexibility index (Phi) is 4.74. The summed E-state index contributed by atoms with van der Waals surface area (Å²) in [6.45, 7) is 4.53. The van der Waals surface area contributed by atoms with Crippen LogP contribution in [0.1, 0.15) is 41.4 Å². The third-order valence-electron chi connectivity index (χ3n) is 4.55. The molecule has 1 atom stereocenters. The number of amides is 2. The van der Waals surface area contributed by atoms with Crippen LogP contribution in [0.25, 0.3) is 0 Å². The lowest BCUT2D eigenvalue weighted by Crippen LogP contribution is -2.27. The average Bonchev–Trinajstić information content (AvgIpc) is 2.95. The number of carbonyl (C=O) groups excluding carboxylic acids is 2. The van der Waals surface area contributed by atoms with Gasteiger partial charge in [-0.2, -0.15) is 0 Å². The number of methoxy groups -OCH3 is 1. The second kappa shape index (κ2) is 6.97. The standard InChI is InChI=1S/C20H22N2O3/c1-4-22-18-10-7-15(11-16(18)12-19(22)23)20(24)21-13(2)14-5-8-17(25-3)9-6-14/h5-11,13H,4,12H2,1-3H3,(H,21,24)/t13-/m0/s1. The van der Waals surface area contributed by atoms with Crippen LogP contribution in [0.15, 0.2) is 42.5 Å². The molecule has 130 valence electrons. The van der Waals surface area contributed by atoms with E-state index < -0.39 is 0 Å². The highest BCUT2D eigenvalue weighted by Gasteiger charge is 2.26. The van der Waals surface area contributed by atoms with E-state index in [1.54, 1.807) is 18.1 Å². The number of carbonyl (C=O) groups is 2. The molecule has 0 spiro atoms. The molecule has 0 aromatic heterocycles. The maximum atomic E-state index is 12.5. The molecule has 5 heteroatoms. The minimum Gasteiger partial charge on any atom is -0.497 e. The topological polar surface area (TPSA) is 58.6 Å². The van der Waals surface area contributed by atoms with Gasteiger partial charge in [-0.05, 0) is 55.3 Å². The third-order valence-corrected chi connectivity index (χ3v) is 4.55. The van der Waals surface area contributed by atoms with Crippen LogP contribution < -0.4 is 15.0 Å². The van der Waals surface area contributed by atoms with Crippen LogP contribution in [0.5, 0.6) is 5.75 Å². The van der Waals surface area contributed by atoms with Crippen molar-refractivity contribution < 1.29 is 14.3 Å². The van der Waals surface area contributed by atoms with Crippen LogP contribution in [0.2, 0.25) is 0 Å². The van der Waals surface area contributed by atoms with E-state index in [2.05, 4.69) is 5.32 Å². The highest BCUT2D eigenvalue weighted by molar-refractivity contribution is 6.03. The average molecular weight is 338 g/mol. The molecule has 25 heavy (non-hydrogen) atoms. The molecule has 3 rings (SSSR count). The van der Waals surface area contributed by atoms with E-state index in [-0.39, 0.29) is 17.9 Å². The number of ether oxygens (including phenoxy) is 1. The highest BCUT2D eigenvalue weighted by Crippen LogP contribution is 2.29. The van der Waals surface area contributed by atoms with Crippen molar-refractivity contribution in [1.29, 1.82) is 0 Å². The van der Waals surface area contributed by atoms with Gasteiger partial charge in [0, 0.05) is 17.8 Å². The first-order chi connectivity index (χ1) is 12.0. The Bertz CT molecular complexity index is 799. The summed E-state index contributed by atoms with van der Waals surface area (Å²) in [5.41, 5.74) is 3.40. The smallest absolute Gasteiger partial charge is 0.251 e. The van der Waals surface area contributed by atoms with E-state index >= 15 is 0 Å². The van der Waals surface area contributed by atoms with Crippen LogP contribution in [-0.4, -0.2) is 25.5 Å². The first-order valence-corrected chi connectivity index (χ1v) is 8.41. The summed E-state index contributed by atoms with van der Waals surface area (Å²) >= 11 is 0. The van der Waals surface area contributed by atoms with Gasteiger partial charge < -0.3 is 15.0 Å². The number of hydrogen-bond acceptors (Lipinski definition) is 3. The molecule has 0 radical (unpaired) electrons. The third kappa shape index (κ3) is 3.36. The molecule has 1 heterocycles. The van der Waals surface area contributed by atoms with Crippen molar-refractivity contribution in [3.63, 3.8) is 0 Å². The zero-order valence-electron chi connectivity index (χ0n) is 14.7. The Morgan fingerprint density at radius 1 is 1.24 bits per heavy atom. The quantitative estimate of drug-likeness (QED) is 0.911. The predicted octanol–water partition coefficient (Wildman–Crippen LogP) is 3.10. The van der Waals surface area contributed by atoms with Gasteiger partial charge in [0.1, 0.15) is 5.75 Å². The van der Waals surface area contributed by atoms with E-state index in [9.17, 15) is 9.59 Å². The summed E-state index contributed by atoms with van der Waals surface area (Å²) in [6, 6.07) is 12.9. The van der Waals surface area contributed by atoms with Gasteiger partial charge in [-0.25, -0.2) is 0 Å². The van der Waals surface area contributed by atoms with Crippen LogP contribution in [-0.2, 0) is 11.2 Å². The van der Waals surface area contributed by atoms with Crippen LogP contribution in [0, 0.1) is 0 Å². The summed E-state index contributed by atoms with van der Waals surface area (Å²) in [6.07, 6.45) is 0.359. The van der Waals surface area contributed by atoms with Crippen molar-refractivity contribution >= 4 is 17.5 Å². The number of nitrogens with zero attached hydrogens (tertiary/aromatic N) is 1. The van der Waals surface area contributed by atoms with Crippen LogP contribution >= 0.6 is 0 Å². The molecule has 0 saturated heterocycles. The minimum absolute atomic E-state index is 0.0849. The second-order valence-electron chi connectivity index (χ2n) is 6.13. The largest absolute Gasteiger partial charge is 0.497 e. The van der Waals surface area contributed by atoms with Crippen molar-refractivity contribution in [2.24, 2.45) is 0 Å². The summed E-state index contributed by atoms with van der Waals surface area (Å²) < 4.78 is 5.15. The second-order valence-corrected chi connectivity index (χ2v) is 6.13. The molecular weight excluding hydrogens is 316 g/mol. The fraction of sp³-hybridized carbons (Fsp3) is 0.300. The molecule has 0 unspecified atom stereocenters. The monoisotopic (exact) mass is 338 g/mol. The molecule has 2 amide bonds. The molecule has 0 aliphatic carbocycles. The maximum Gasteiger partial charge on any atom is 0.251 e. The van der Waals surface area contributed by atoms with Gasteiger partial charge in [-0.15, -0.1) is 0 Å². The molecule has 0 fully saturated rings. The zero-order chi connectivity index (χ0) is 18.0. The molecule has 2 aromatic carbocycles. The van der Waals surface area contributed by atoms with Gasteiger partial charge in [0.2, 0.25) is 5.91 Å². The van der Waals surface area contributed by atoms with E-state index in [1.165, 1.54) is 0 Å². The number of rotatable bonds is 5. The molecule has 2 aromatic rings. The molecule has 5 nitrogen and oxygen atoms in total. The first-order valence-electron chi connectivity index (χ1n) is 8.41. The van der Waals surface area contributed by atoms with Crippen LogP contribution in [0.3, 0.4) is 0 Å². The van der Waals surface area contributed by atoms with Gasteiger partial charge in [-0.1, -0.05) is 12.1 Å². The normalized spacial score (nSPS) is 14.2. The summed E-state index contributed by atoms with van der Waals surface area (Å²) in [5, 5.41) is 3.00. The Hall–Kier alpha value is -2.82. The lowest BCUT2D eigenvalue weighted by molar-refractivity contribution is -0.117. The summed E-state index contributed by atoms with van der Waals surface area (Å²) in [5.74, 6) is 0.723. The molecule has 1 N–H and O–H groups in total. The fourth-order valence-electron chi connectivity index (χ4n) is 3.13. The Morgan fingerprint density at radius 3 is 2.60 bits per heavy atom. The SMILES string of the molecule is CCN1C(=O)Cc2cc(C(=O)N[C@@H](C)c3ccc(OC)cc3)ccc21. The predicted molar refractivity (Wildman–Crippen MR) is 97.0 cm³/mol. The van der Waals surface area contributed by atoms with Crippen molar-refractivity contribution in [1.82, 2.24) is 5.32 Å². The number of nitrogens with one attached hydrogen (secondary N) is 1. The Labute approximate surface area is 147 Å². The van der Waals surface area contributed by atoms with Gasteiger partial charge in [0.25, 0.3) is 5.91 Å². The van der Waals surface area contributed by atoms with Crippen LogP contribution in [0.4, 0.5) is 5.69 Å². The van der Waals surface area contributed by atoms with Crippen molar-refractivity contribution in [3.05, 3.63) is 59.2 Å². The van der Waals surface area contributed by atoms with E-state index in [4.69, 9.17) is 4.74 Å². The lowest BCUT2D eigenvalue weighted by atomic mass is 10.1. The van der Waals surface area contributed by atoms with Crippen molar-refractivity contribution in [3.8, 4) is 5.75 Å². The Balaban J connectivity index is 1.73. The van der Waals surface area contributed by atoms with Gasteiger partial charge in [0.05, 0.1) is 19.6 Å². The minimum atomic E-state index is -0.145. The summed E-state index contributed by atoms with van der Waals surface area (Å²) in [4.78, 5) is 26.3. The van der Waals surface area contributed by atoms with E-state index in [0.717, 1.165) is 22.6 Å². The van der Waals surface area contributed by atoms with E-state index in [1.807, 2.05) is 50.2 Å². The first kappa shape index (κ1) is 17.0. The number of fused-ring (bicyclic) bond motifs is 1. The van der Waals surface area contributed by atoms with Gasteiger partial charge in [-0.3, -0.25) is 9.59 Å². The molecule has 0 saturated carbocycles. The molecule has 1 aliphatic rings. The molecule has 0 bridgehead atoms. The fourth-order valence-corrected chi connectivity index (χ4v) is 3.13. The van der Waals surface area contributed by atoms with Crippen molar-refractivity contribution in [2.45, 2.75) is 26.3 Å².